The lowest BCUT2D eigenvalue weighted by atomic mass is 10.2. The Balaban J connectivity index is 1.84. The number of hydrogen-bond donors (Lipinski definition) is 1. The highest BCUT2D eigenvalue weighted by Crippen LogP contribution is 2.20. The molecule has 0 bridgehead atoms. The fourth-order valence-corrected chi connectivity index (χ4v) is 3.04. The van der Waals surface area contributed by atoms with Gasteiger partial charge in [-0.25, -0.2) is 4.98 Å². The van der Waals surface area contributed by atoms with Gasteiger partial charge in [-0.05, 0) is 39.2 Å². The Morgan fingerprint density at radius 3 is 2.90 bits per heavy atom. The number of rotatable bonds is 10. The average molecular weight is 295 g/mol. The number of aromatic nitrogens is 1. The van der Waals surface area contributed by atoms with Gasteiger partial charge in [0.05, 0.1) is 5.69 Å². The highest BCUT2D eigenvalue weighted by atomic mass is 32.1. The summed E-state index contributed by atoms with van der Waals surface area (Å²) in [5.74, 6) is 0. The van der Waals surface area contributed by atoms with E-state index in [-0.39, 0.29) is 0 Å². The molecule has 1 N–H and O–H groups in total. The van der Waals surface area contributed by atoms with E-state index in [2.05, 4.69) is 36.4 Å². The number of nitrogens with zero attached hydrogens (tertiary/aromatic N) is 2. The molecule has 1 atom stereocenters. The summed E-state index contributed by atoms with van der Waals surface area (Å²) in [7, 11) is 0. The van der Waals surface area contributed by atoms with Gasteiger partial charge in [0, 0.05) is 30.6 Å². The number of thiazole rings is 1. The number of hydrogen-bond acceptors (Lipinski definition) is 4. The first-order chi connectivity index (χ1) is 9.72. The van der Waals surface area contributed by atoms with Gasteiger partial charge in [-0.3, -0.25) is 4.90 Å². The lowest BCUT2D eigenvalue weighted by Crippen LogP contribution is -2.33. The van der Waals surface area contributed by atoms with Crippen molar-refractivity contribution in [2.75, 3.05) is 6.54 Å². The summed E-state index contributed by atoms with van der Waals surface area (Å²) >= 11 is 1.80. The first-order valence-corrected chi connectivity index (χ1v) is 9.01. The van der Waals surface area contributed by atoms with Crippen LogP contribution in [0.4, 0.5) is 0 Å². The van der Waals surface area contributed by atoms with E-state index < -0.39 is 0 Å². The largest absolute Gasteiger partial charge is 0.308 e. The van der Waals surface area contributed by atoms with Gasteiger partial charge < -0.3 is 5.32 Å². The molecule has 0 aliphatic heterocycles. The Bertz CT molecular complexity index is 387. The zero-order valence-corrected chi connectivity index (χ0v) is 14.0. The molecule has 1 fully saturated rings. The van der Waals surface area contributed by atoms with E-state index in [1.807, 2.05) is 0 Å². The van der Waals surface area contributed by atoms with Crippen LogP contribution >= 0.6 is 11.3 Å². The van der Waals surface area contributed by atoms with Crippen molar-refractivity contribution < 1.29 is 0 Å². The van der Waals surface area contributed by atoms with Crippen molar-refractivity contribution in [2.24, 2.45) is 0 Å². The van der Waals surface area contributed by atoms with Gasteiger partial charge in [-0.1, -0.05) is 20.3 Å². The predicted molar refractivity (Wildman–Crippen MR) is 87.0 cm³/mol. The monoisotopic (exact) mass is 295 g/mol. The molecule has 20 heavy (non-hydrogen) atoms. The lowest BCUT2D eigenvalue weighted by molar-refractivity contribution is 0.190. The Kier molecular flexibility index (Phi) is 6.46. The van der Waals surface area contributed by atoms with Crippen LogP contribution < -0.4 is 5.32 Å². The summed E-state index contributed by atoms with van der Waals surface area (Å²) in [6, 6.07) is 1.42. The second kappa shape index (κ2) is 8.11. The van der Waals surface area contributed by atoms with Gasteiger partial charge in [-0.15, -0.1) is 11.3 Å². The topological polar surface area (TPSA) is 28.2 Å². The molecule has 1 heterocycles. The molecule has 1 unspecified atom stereocenters. The minimum atomic E-state index is 0.649. The Hall–Kier alpha value is -0.450. The normalized spacial score (nSPS) is 16.8. The van der Waals surface area contributed by atoms with Crippen molar-refractivity contribution in [3.63, 3.8) is 0 Å². The van der Waals surface area contributed by atoms with Gasteiger partial charge in [-0.2, -0.15) is 0 Å². The molecule has 1 aliphatic rings. The second-order valence-corrected chi connectivity index (χ2v) is 6.91. The van der Waals surface area contributed by atoms with Crippen LogP contribution in [0.15, 0.2) is 5.38 Å². The van der Waals surface area contributed by atoms with E-state index in [0.717, 1.165) is 19.1 Å². The van der Waals surface area contributed by atoms with Crippen LogP contribution in [0.3, 0.4) is 0 Å². The van der Waals surface area contributed by atoms with E-state index >= 15 is 0 Å². The van der Waals surface area contributed by atoms with Crippen molar-refractivity contribution >= 4 is 11.3 Å². The molecule has 1 saturated carbocycles. The molecule has 0 spiro atoms. The molecule has 2 rings (SSSR count). The Morgan fingerprint density at radius 2 is 2.25 bits per heavy atom. The van der Waals surface area contributed by atoms with Crippen molar-refractivity contribution in [3.8, 4) is 0 Å². The summed E-state index contributed by atoms with van der Waals surface area (Å²) in [5, 5.41) is 7.03. The van der Waals surface area contributed by atoms with Crippen molar-refractivity contribution in [1.82, 2.24) is 15.2 Å². The van der Waals surface area contributed by atoms with Crippen LogP contribution in [0.25, 0.3) is 0 Å². The maximum absolute atomic E-state index is 4.79. The van der Waals surface area contributed by atoms with E-state index in [4.69, 9.17) is 4.98 Å². The smallest absolute Gasteiger partial charge is 0.107 e. The number of unbranched alkanes of at least 4 members (excludes halogenated alkanes) is 1. The van der Waals surface area contributed by atoms with Crippen molar-refractivity contribution in [2.45, 2.75) is 78.0 Å². The average Bonchev–Trinajstić information content (AvgIpc) is 3.19. The lowest BCUT2D eigenvalue weighted by Gasteiger charge is -2.27. The third kappa shape index (κ3) is 5.15. The van der Waals surface area contributed by atoms with E-state index in [9.17, 15) is 0 Å². The Labute approximate surface area is 127 Å². The maximum Gasteiger partial charge on any atom is 0.107 e. The molecule has 114 valence electrons. The van der Waals surface area contributed by atoms with Gasteiger partial charge in [0.15, 0.2) is 0 Å². The molecular weight excluding hydrogens is 266 g/mol. The SMILES string of the molecule is CCCCN(Cc1csc(CNC2CC2)n1)C(C)CC. The van der Waals surface area contributed by atoms with Gasteiger partial charge >= 0.3 is 0 Å². The van der Waals surface area contributed by atoms with Crippen LogP contribution in [0.1, 0.15) is 63.6 Å². The standard InChI is InChI=1S/C16H29N3S/c1-4-6-9-19(13(3)5-2)11-15-12-20-16(18-15)10-17-14-7-8-14/h12-14,17H,4-11H2,1-3H3. The molecule has 1 aromatic heterocycles. The van der Waals surface area contributed by atoms with E-state index in [1.54, 1.807) is 11.3 Å². The summed E-state index contributed by atoms with van der Waals surface area (Å²) in [6.07, 6.45) is 6.45. The fraction of sp³-hybridized carbons (Fsp3) is 0.812. The molecule has 1 aromatic rings. The summed E-state index contributed by atoms with van der Waals surface area (Å²) in [6.45, 7) is 10.0. The highest BCUT2D eigenvalue weighted by Gasteiger charge is 2.20. The molecule has 4 heteroatoms. The number of nitrogens with one attached hydrogen (secondary N) is 1. The quantitative estimate of drug-likeness (QED) is 0.711. The molecule has 0 saturated heterocycles. The summed E-state index contributed by atoms with van der Waals surface area (Å²) in [5.41, 5.74) is 1.25. The van der Waals surface area contributed by atoms with Crippen LogP contribution in [0, 0.1) is 0 Å². The summed E-state index contributed by atoms with van der Waals surface area (Å²) in [4.78, 5) is 7.37. The van der Waals surface area contributed by atoms with Gasteiger partial charge in [0.2, 0.25) is 0 Å². The minimum Gasteiger partial charge on any atom is -0.308 e. The van der Waals surface area contributed by atoms with Gasteiger partial charge in [0.1, 0.15) is 5.01 Å². The predicted octanol–water partition coefficient (Wildman–Crippen LogP) is 3.80. The van der Waals surface area contributed by atoms with Crippen LogP contribution in [-0.4, -0.2) is 28.5 Å². The third-order valence-corrected chi connectivity index (χ3v) is 4.99. The molecule has 0 aromatic carbocycles. The fourth-order valence-electron chi connectivity index (χ4n) is 2.30. The summed E-state index contributed by atoms with van der Waals surface area (Å²) < 4.78 is 0. The first-order valence-electron chi connectivity index (χ1n) is 8.13. The van der Waals surface area contributed by atoms with E-state index in [0.29, 0.717) is 6.04 Å². The molecule has 0 amide bonds. The van der Waals surface area contributed by atoms with Gasteiger partial charge in [0.25, 0.3) is 0 Å². The van der Waals surface area contributed by atoms with Crippen molar-refractivity contribution in [1.29, 1.82) is 0 Å². The molecule has 3 nitrogen and oxygen atoms in total. The highest BCUT2D eigenvalue weighted by molar-refractivity contribution is 7.09. The molecule has 1 aliphatic carbocycles. The zero-order valence-electron chi connectivity index (χ0n) is 13.2. The second-order valence-electron chi connectivity index (χ2n) is 5.97. The van der Waals surface area contributed by atoms with Crippen molar-refractivity contribution in [3.05, 3.63) is 16.1 Å². The molecular formula is C16H29N3S. The minimum absolute atomic E-state index is 0.649. The van der Waals surface area contributed by atoms with Crippen LogP contribution in [0.2, 0.25) is 0 Å². The Morgan fingerprint density at radius 1 is 1.45 bits per heavy atom. The van der Waals surface area contributed by atoms with Crippen LogP contribution in [-0.2, 0) is 13.1 Å². The van der Waals surface area contributed by atoms with Crippen LogP contribution in [0.5, 0.6) is 0 Å². The maximum atomic E-state index is 4.79. The molecule has 0 radical (unpaired) electrons. The third-order valence-electron chi connectivity index (χ3n) is 4.10. The van der Waals surface area contributed by atoms with E-state index in [1.165, 1.54) is 49.4 Å². The first kappa shape index (κ1) is 15.9. The zero-order chi connectivity index (χ0) is 14.4.